The molecule has 0 radical (unpaired) electrons. The highest BCUT2D eigenvalue weighted by Gasteiger charge is 2.23. The van der Waals surface area contributed by atoms with Gasteiger partial charge in [-0.05, 0) is 67.4 Å². The summed E-state index contributed by atoms with van der Waals surface area (Å²) in [4.78, 5) is 36.0. The van der Waals surface area contributed by atoms with Gasteiger partial charge >= 0.3 is 5.97 Å². The third-order valence-electron chi connectivity index (χ3n) is 4.89. The molecular formula is C24H21N3O3S. The predicted octanol–water partition coefficient (Wildman–Crippen LogP) is 4.94. The smallest absolute Gasteiger partial charge is 0.337 e. The summed E-state index contributed by atoms with van der Waals surface area (Å²) in [5, 5.41) is 0.608. The van der Waals surface area contributed by atoms with Gasteiger partial charge in [0.05, 0.1) is 35.1 Å². The highest BCUT2D eigenvalue weighted by molar-refractivity contribution is 7.22. The van der Waals surface area contributed by atoms with Crippen LogP contribution in [0.3, 0.4) is 0 Å². The van der Waals surface area contributed by atoms with Crippen molar-refractivity contribution in [3.8, 4) is 0 Å². The van der Waals surface area contributed by atoms with Crippen LogP contribution >= 0.6 is 11.3 Å². The number of carbonyl (C=O) groups is 2. The molecule has 0 unspecified atom stereocenters. The highest BCUT2D eigenvalue weighted by Crippen LogP contribution is 2.33. The Morgan fingerprint density at radius 1 is 1.03 bits per heavy atom. The number of methoxy groups -OCH3 is 1. The van der Waals surface area contributed by atoms with Crippen molar-refractivity contribution >= 4 is 38.6 Å². The molecule has 0 spiro atoms. The minimum absolute atomic E-state index is 0.212. The first kappa shape index (κ1) is 20.7. The molecule has 31 heavy (non-hydrogen) atoms. The summed E-state index contributed by atoms with van der Waals surface area (Å²) >= 11 is 1.48. The maximum absolute atomic E-state index is 13.5. The molecule has 0 saturated carbocycles. The van der Waals surface area contributed by atoms with E-state index in [1.54, 1.807) is 35.4 Å². The fourth-order valence-electron chi connectivity index (χ4n) is 3.38. The van der Waals surface area contributed by atoms with Gasteiger partial charge in [-0.1, -0.05) is 23.5 Å². The zero-order valence-corrected chi connectivity index (χ0v) is 18.3. The van der Waals surface area contributed by atoms with E-state index in [0.29, 0.717) is 16.3 Å². The van der Waals surface area contributed by atoms with Gasteiger partial charge in [0.2, 0.25) is 0 Å². The first-order valence-corrected chi connectivity index (χ1v) is 10.6. The van der Waals surface area contributed by atoms with E-state index in [1.807, 2.05) is 32.0 Å². The second kappa shape index (κ2) is 8.65. The van der Waals surface area contributed by atoms with Crippen molar-refractivity contribution in [2.24, 2.45) is 0 Å². The van der Waals surface area contributed by atoms with Crippen LogP contribution in [0.4, 0.5) is 5.13 Å². The lowest BCUT2D eigenvalue weighted by Crippen LogP contribution is -2.30. The lowest BCUT2D eigenvalue weighted by molar-refractivity contribution is 0.0600. The second-order valence-electron chi connectivity index (χ2n) is 7.21. The van der Waals surface area contributed by atoms with E-state index >= 15 is 0 Å². The molecule has 4 aromatic rings. The summed E-state index contributed by atoms with van der Waals surface area (Å²) in [6, 6.07) is 16.2. The third-order valence-corrected chi connectivity index (χ3v) is 5.92. The maximum Gasteiger partial charge on any atom is 0.337 e. The van der Waals surface area contributed by atoms with Crippen LogP contribution in [0.25, 0.3) is 10.2 Å². The van der Waals surface area contributed by atoms with Gasteiger partial charge in [0.15, 0.2) is 5.13 Å². The Balaban J connectivity index is 1.75. The Labute approximate surface area is 184 Å². The number of esters is 1. The predicted molar refractivity (Wildman–Crippen MR) is 122 cm³/mol. The summed E-state index contributed by atoms with van der Waals surface area (Å²) in [5.41, 5.74) is 4.73. The molecule has 0 aliphatic carbocycles. The molecule has 2 aromatic heterocycles. The van der Waals surface area contributed by atoms with Crippen molar-refractivity contribution in [3.63, 3.8) is 0 Å². The number of aromatic nitrogens is 2. The van der Waals surface area contributed by atoms with E-state index < -0.39 is 5.97 Å². The van der Waals surface area contributed by atoms with Gasteiger partial charge in [-0.3, -0.25) is 14.7 Å². The highest BCUT2D eigenvalue weighted by atomic mass is 32.1. The lowest BCUT2D eigenvalue weighted by Gasteiger charge is -2.19. The van der Waals surface area contributed by atoms with Crippen molar-refractivity contribution in [1.82, 2.24) is 9.97 Å². The van der Waals surface area contributed by atoms with Gasteiger partial charge < -0.3 is 4.74 Å². The van der Waals surface area contributed by atoms with E-state index in [1.165, 1.54) is 18.4 Å². The topological polar surface area (TPSA) is 72.4 Å². The fraction of sp³-hybridized carbons (Fsp3) is 0.167. The number of hydrogen-bond donors (Lipinski definition) is 0. The molecule has 0 aliphatic rings. The van der Waals surface area contributed by atoms with Crippen molar-refractivity contribution in [2.45, 2.75) is 20.4 Å². The van der Waals surface area contributed by atoms with Crippen LogP contribution in [-0.4, -0.2) is 29.0 Å². The van der Waals surface area contributed by atoms with Crippen molar-refractivity contribution in [1.29, 1.82) is 0 Å². The first-order valence-electron chi connectivity index (χ1n) is 9.74. The molecule has 0 aliphatic heterocycles. The molecule has 0 bridgehead atoms. The van der Waals surface area contributed by atoms with E-state index in [2.05, 4.69) is 17.1 Å². The zero-order valence-electron chi connectivity index (χ0n) is 17.5. The summed E-state index contributed by atoms with van der Waals surface area (Å²) in [5.74, 6) is -0.656. The number of nitrogens with zero attached hydrogens (tertiary/aromatic N) is 3. The molecule has 7 heteroatoms. The van der Waals surface area contributed by atoms with Crippen molar-refractivity contribution < 1.29 is 14.3 Å². The summed E-state index contributed by atoms with van der Waals surface area (Å²) < 4.78 is 5.77. The minimum Gasteiger partial charge on any atom is -0.465 e. The fourth-order valence-corrected chi connectivity index (χ4v) is 4.52. The number of anilines is 1. The standard InChI is InChI=1S/C24H21N3O3S/c1-15-12-16(2)21-20(13-15)31-24(26-21)27(14-19-6-4-5-11-25-19)22(28)17-7-9-18(10-8-17)23(29)30-3/h4-13H,14H2,1-3H3. The van der Waals surface area contributed by atoms with E-state index in [9.17, 15) is 9.59 Å². The van der Waals surface area contributed by atoms with Gasteiger partial charge in [0, 0.05) is 11.8 Å². The van der Waals surface area contributed by atoms with Crippen molar-refractivity contribution in [3.05, 3.63) is 88.7 Å². The molecule has 0 saturated heterocycles. The second-order valence-corrected chi connectivity index (χ2v) is 8.22. The number of benzene rings is 2. The number of hydrogen-bond acceptors (Lipinski definition) is 6. The Morgan fingerprint density at radius 3 is 2.45 bits per heavy atom. The molecule has 1 amide bonds. The molecule has 6 nitrogen and oxygen atoms in total. The Kier molecular flexibility index (Phi) is 5.77. The molecule has 4 rings (SSSR count). The largest absolute Gasteiger partial charge is 0.465 e. The number of rotatable bonds is 5. The molecular weight excluding hydrogens is 410 g/mol. The van der Waals surface area contributed by atoms with E-state index in [-0.39, 0.29) is 12.5 Å². The molecule has 2 heterocycles. The maximum atomic E-state index is 13.5. The van der Waals surface area contributed by atoms with E-state index in [4.69, 9.17) is 9.72 Å². The van der Waals surface area contributed by atoms with Gasteiger partial charge in [-0.2, -0.15) is 0 Å². The average molecular weight is 432 g/mol. The number of amides is 1. The van der Waals surface area contributed by atoms with E-state index in [0.717, 1.165) is 27.0 Å². The first-order chi connectivity index (χ1) is 15.0. The van der Waals surface area contributed by atoms with Crippen LogP contribution in [0, 0.1) is 13.8 Å². The lowest BCUT2D eigenvalue weighted by atomic mass is 10.1. The van der Waals surface area contributed by atoms with Crippen molar-refractivity contribution in [2.75, 3.05) is 12.0 Å². The van der Waals surface area contributed by atoms with Crippen LogP contribution in [0.2, 0.25) is 0 Å². The number of thiazole rings is 1. The Hall–Kier alpha value is -3.58. The summed E-state index contributed by atoms with van der Waals surface area (Å²) in [6.45, 7) is 4.36. The molecule has 0 fully saturated rings. The number of ether oxygens (including phenoxy) is 1. The van der Waals surface area contributed by atoms with Crippen LogP contribution in [0.1, 0.15) is 37.5 Å². The minimum atomic E-state index is -0.443. The normalized spacial score (nSPS) is 10.8. The van der Waals surface area contributed by atoms with Crippen LogP contribution < -0.4 is 4.90 Å². The summed E-state index contributed by atoms with van der Waals surface area (Å²) in [7, 11) is 1.33. The van der Waals surface area contributed by atoms with Gasteiger partial charge in [-0.15, -0.1) is 0 Å². The van der Waals surface area contributed by atoms with Gasteiger partial charge in [0.25, 0.3) is 5.91 Å². The summed E-state index contributed by atoms with van der Waals surface area (Å²) in [6.07, 6.45) is 1.70. The quantitative estimate of drug-likeness (QED) is 0.419. The molecule has 2 aromatic carbocycles. The van der Waals surface area contributed by atoms with Gasteiger partial charge in [-0.25, -0.2) is 9.78 Å². The van der Waals surface area contributed by atoms with Crippen LogP contribution in [-0.2, 0) is 11.3 Å². The monoisotopic (exact) mass is 431 g/mol. The number of fused-ring (bicyclic) bond motifs is 1. The van der Waals surface area contributed by atoms with Gasteiger partial charge in [0.1, 0.15) is 0 Å². The number of pyridine rings is 1. The number of carbonyl (C=O) groups excluding carboxylic acids is 2. The van der Waals surface area contributed by atoms with Crippen LogP contribution in [0.15, 0.2) is 60.8 Å². The third kappa shape index (κ3) is 4.32. The zero-order chi connectivity index (χ0) is 22.0. The SMILES string of the molecule is COC(=O)c1ccc(C(=O)N(Cc2ccccn2)c2nc3c(C)cc(C)cc3s2)cc1. The average Bonchev–Trinajstić information content (AvgIpc) is 3.21. The van der Waals surface area contributed by atoms with Crippen LogP contribution in [0.5, 0.6) is 0 Å². The molecule has 156 valence electrons. The molecule has 0 N–H and O–H groups in total. The number of aryl methyl sites for hydroxylation is 2. The molecule has 0 atom stereocenters. The Morgan fingerprint density at radius 2 is 1.77 bits per heavy atom. The Bertz CT molecular complexity index is 1250.